The fraction of sp³-hybridized carbons (Fsp3) is 0.700. The highest BCUT2D eigenvalue weighted by molar-refractivity contribution is 5.59. The molecule has 0 atom stereocenters. The number of nitrogen functional groups attached to an aromatic ring is 1. The number of aromatic amines is 1. The third-order valence-corrected chi connectivity index (χ3v) is 2.90. The van der Waals surface area contributed by atoms with Crippen molar-refractivity contribution in [3.63, 3.8) is 0 Å². The smallest absolute Gasteiger partial charge is 0.382 e. The Morgan fingerprint density at radius 3 is 2.33 bits per heavy atom. The number of nitrogens with zero attached hydrogens (tertiary/aromatic N) is 3. The summed E-state index contributed by atoms with van der Waals surface area (Å²) in [6.45, 7) is 2.68. The van der Waals surface area contributed by atoms with E-state index in [4.69, 9.17) is 5.73 Å². The summed E-state index contributed by atoms with van der Waals surface area (Å²) in [5.41, 5.74) is 5.76. The van der Waals surface area contributed by atoms with Gasteiger partial charge in [-0.1, -0.05) is 0 Å². The van der Waals surface area contributed by atoms with Crippen LogP contribution >= 0.6 is 0 Å². The van der Waals surface area contributed by atoms with Crippen molar-refractivity contribution in [3.05, 3.63) is 5.82 Å². The van der Waals surface area contributed by atoms with Crippen molar-refractivity contribution in [3.8, 4) is 0 Å². The molecule has 1 aromatic rings. The molecule has 0 spiro atoms. The molecule has 1 saturated heterocycles. The zero-order valence-corrected chi connectivity index (χ0v) is 10.1. The van der Waals surface area contributed by atoms with Crippen molar-refractivity contribution in [2.45, 2.75) is 13.1 Å². The van der Waals surface area contributed by atoms with Gasteiger partial charge in [0.2, 0.25) is 0 Å². The van der Waals surface area contributed by atoms with Gasteiger partial charge in [-0.05, 0) is 6.92 Å². The lowest BCUT2D eigenvalue weighted by Gasteiger charge is -2.35. The molecule has 2 heterocycles. The summed E-state index contributed by atoms with van der Waals surface area (Å²) >= 11 is 0. The normalized spacial score (nSPS) is 18.3. The molecule has 2 rings (SSSR count). The van der Waals surface area contributed by atoms with E-state index in [9.17, 15) is 13.2 Å². The van der Waals surface area contributed by atoms with Gasteiger partial charge in [0.1, 0.15) is 11.6 Å². The summed E-state index contributed by atoms with van der Waals surface area (Å²) < 4.78 is 36.7. The SMILES string of the molecule is Cc1nc(N2CCN(CC(F)(F)F)CC2)c(N)[nH]1. The van der Waals surface area contributed by atoms with Crippen LogP contribution in [0.3, 0.4) is 0 Å². The van der Waals surface area contributed by atoms with Gasteiger partial charge in [-0.2, -0.15) is 13.2 Å². The topological polar surface area (TPSA) is 61.2 Å². The summed E-state index contributed by atoms with van der Waals surface area (Å²) in [4.78, 5) is 10.4. The first kappa shape index (κ1) is 13.0. The summed E-state index contributed by atoms with van der Waals surface area (Å²) in [6, 6.07) is 0. The molecule has 0 bridgehead atoms. The van der Waals surface area contributed by atoms with E-state index in [1.807, 2.05) is 4.90 Å². The Kier molecular flexibility index (Phi) is 3.38. The highest BCUT2D eigenvalue weighted by Gasteiger charge is 2.32. The van der Waals surface area contributed by atoms with Gasteiger partial charge in [-0.25, -0.2) is 4.98 Å². The zero-order valence-electron chi connectivity index (χ0n) is 10.1. The number of aryl methyl sites for hydroxylation is 1. The number of H-pyrrole nitrogens is 1. The van der Waals surface area contributed by atoms with Crippen LogP contribution in [0.4, 0.5) is 24.8 Å². The van der Waals surface area contributed by atoms with Gasteiger partial charge in [-0.3, -0.25) is 4.90 Å². The van der Waals surface area contributed by atoms with Crippen LogP contribution in [-0.2, 0) is 0 Å². The molecule has 0 aromatic carbocycles. The van der Waals surface area contributed by atoms with E-state index in [2.05, 4.69) is 9.97 Å². The van der Waals surface area contributed by atoms with E-state index < -0.39 is 12.7 Å². The lowest BCUT2D eigenvalue weighted by atomic mass is 10.3. The van der Waals surface area contributed by atoms with Gasteiger partial charge in [0.25, 0.3) is 0 Å². The molecule has 0 saturated carbocycles. The number of hydrogen-bond donors (Lipinski definition) is 2. The van der Waals surface area contributed by atoms with Crippen molar-refractivity contribution in [2.24, 2.45) is 0 Å². The number of rotatable bonds is 2. The predicted octanol–water partition coefficient (Wildman–Crippen LogP) is 0.985. The van der Waals surface area contributed by atoms with Crippen molar-refractivity contribution >= 4 is 11.6 Å². The maximum Gasteiger partial charge on any atom is 0.401 e. The van der Waals surface area contributed by atoms with E-state index in [1.54, 1.807) is 6.92 Å². The van der Waals surface area contributed by atoms with Crippen molar-refractivity contribution < 1.29 is 13.2 Å². The first-order chi connectivity index (χ1) is 8.35. The Bertz CT molecular complexity index is 406. The second kappa shape index (κ2) is 4.68. The molecule has 102 valence electrons. The standard InChI is InChI=1S/C10H16F3N5/c1-7-15-8(14)9(16-7)18-4-2-17(3-5-18)6-10(11,12)13/h2-6,14H2,1H3,(H,15,16). The molecule has 3 N–H and O–H groups in total. The zero-order chi connectivity index (χ0) is 13.3. The lowest BCUT2D eigenvalue weighted by molar-refractivity contribution is -0.146. The Morgan fingerprint density at radius 2 is 1.89 bits per heavy atom. The van der Waals surface area contributed by atoms with Crippen LogP contribution in [0.2, 0.25) is 0 Å². The van der Waals surface area contributed by atoms with E-state index in [1.165, 1.54) is 4.90 Å². The summed E-state index contributed by atoms with van der Waals surface area (Å²) in [5.74, 6) is 1.82. The largest absolute Gasteiger partial charge is 0.401 e. The Labute approximate surface area is 103 Å². The molecular weight excluding hydrogens is 247 g/mol. The van der Waals surface area contributed by atoms with Crippen LogP contribution < -0.4 is 10.6 Å². The van der Waals surface area contributed by atoms with Crippen molar-refractivity contribution in [1.82, 2.24) is 14.9 Å². The fourth-order valence-electron chi connectivity index (χ4n) is 2.11. The maximum absolute atomic E-state index is 12.2. The highest BCUT2D eigenvalue weighted by atomic mass is 19.4. The Hall–Kier alpha value is -1.44. The number of imidazole rings is 1. The molecule has 1 fully saturated rings. The van der Waals surface area contributed by atoms with E-state index in [0.29, 0.717) is 43.6 Å². The number of halogens is 3. The minimum atomic E-state index is -4.13. The second-order valence-corrected chi connectivity index (χ2v) is 4.44. The first-order valence-electron chi connectivity index (χ1n) is 5.71. The number of alkyl halides is 3. The summed E-state index contributed by atoms with van der Waals surface area (Å²) in [7, 11) is 0. The number of piperazine rings is 1. The van der Waals surface area contributed by atoms with Gasteiger partial charge in [-0.15, -0.1) is 0 Å². The van der Waals surface area contributed by atoms with Gasteiger partial charge < -0.3 is 15.6 Å². The van der Waals surface area contributed by atoms with Gasteiger partial charge >= 0.3 is 6.18 Å². The number of anilines is 2. The van der Waals surface area contributed by atoms with Crippen LogP contribution in [-0.4, -0.2) is 53.8 Å². The maximum atomic E-state index is 12.2. The Balaban J connectivity index is 1.93. The van der Waals surface area contributed by atoms with Crippen LogP contribution in [0.25, 0.3) is 0 Å². The van der Waals surface area contributed by atoms with Gasteiger partial charge in [0.15, 0.2) is 5.82 Å². The van der Waals surface area contributed by atoms with Crippen molar-refractivity contribution in [2.75, 3.05) is 43.4 Å². The Morgan fingerprint density at radius 1 is 1.28 bits per heavy atom. The summed E-state index contributed by atoms with van der Waals surface area (Å²) in [5, 5.41) is 0. The highest BCUT2D eigenvalue weighted by Crippen LogP contribution is 2.22. The molecule has 8 heteroatoms. The molecule has 0 unspecified atom stereocenters. The molecule has 1 aliphatic rings. The fourth-order valence-corrected chi connectivity index (χ4v) is 2.11. The lowest BCUT2D eigenvalue weighted by Crippen LogP contribution is -2.49. The van der Waals surface area contributed by atoms with Crippen LogP contribution in [0.15, 0.2) is 0 Å². The minimum absolute atomic E-state index is 0.366. The quantitative estimate of drug-likeness (QED) is 0.835. The monoisotopic (exact) mass is 263 g/mol. The molecular formula is C10H16F3N5. The third-order valence-electron chi connectivity index (χ3n) is 2.90. The second-order valence-electron chi connectivity index (χ2n) is 4.44. The van der Waals surface area contributed by atoms with Crippen LogP contribution in [0, 0.1) is 6.92 Å². The number of nitrogens with one attached hydrogen (secondary N) is 1. The predicted molar refractivity (Wildman–Crippen MR) is 62.4 cm³/mol. The molecule has 0 aliphatic carbocycles. The van der Waals surface area contributed by atoms with Crippen LogP contribution in [0.5, 0.6) is 0 Å². The van der Waals surface area contributed by atoms with E-state index in [0.717, 1.165) is 0 Å². The molecule has 1 aromatic heterocycles. The number of nitrogens with two attached hydrogens (primary N) is 1. The molecule has 1 aliphatic heterocycles. The third kappa shape index (κ3) is 3.06. The van der Waals surface area contributed by atoms with E-state index in [-0.39, 0.29) is 0 Å². The average Bonchev–Trinajstić information content (AvgIpc) is 2.57. The average molecular weight is 263 g/mol. The molecule has 18 heavy (non-hydrogen) atoms. The first-order valence-corrected chi connectivity index (χ1v) is 5.71. The van der Waals surface area contributed by atoms with Crippen molar-refractivity contribution in [1.29, 1.82) is 0 Å². The molecule has 0 radical (unpaired) electrons. The molecule has 5 nitrogen and oxygen atoms in total. The van der Waals surface area contributed by atoms with E-state index >= 15 is 0 Å². The summed E-state index contributed by atoms with van der Waals surface area (Å²) in [6.07, 6.45) is -4.13. The minimum Gasteiger partial charge on any atom is -0.382 e. The number of hydrogen-bond acceptors (Lipinski definition) is 4. The van der Waals surface area contributed by atoms with Gasteiger partial charge in [0.05, 0.1) is 6.54 Å². The van der Waals surface area contributed by atoms with Crippen LogP contribution in [0.1, 0.15) is 5.82 Å². The molecule has 0 amide bonds. The van der Waals surface area contributed by atoms with Gasteiger partial charge in [0, 0.05) is 26.2 Å². The number of aromatic nitrogens is 2.